The van der Waals surface area contributed by atoms with Gasteiger partial charge in [0, 0.05) is 46.8 Å². The summed E-state index contributed by atoms with van der Waals surface area (Å²) >= 11 is 5.03. The Kier molecular flexibility index (Phi) is 6.89. The summed E-state index contributed by atoms with van der Waals surface area (Å²) in [6, 6.07) is 1.98. The second-order valence-electron chi connectivity index (χ2n) is 5.66. The van der Waals surface area contributed by atoms with Crippen molar-refractivity contribution >= 4 is 39.2 Å². The number of urea groups is 1. The topological polar surface area (TPSA) is 52.7 Å². The van der Waals surface area contributed by atoms with Crippen molar-refractivity contribution in [3.05, 3.63) is 20.8 Å². The summed E-state index contributed by atoms with van der Waals surface area (Å²) in [5.41, 5.74) is 0. The molecular formula is C16H24BrN3O2S. The van der Waals surface area contributed by atoms with Gasteiger partial charge >= 0.3 is 6.03 Å². The van der Waals surface area contributed by atoms with Crippen LogP contribution in [0.2, 0.25) is 0 Å². The molecule has 5 nitrogen and oxygen atoms in total. The molecule has 128 valence electrons. The van der Waals surface area contributed by atoms with Gasteiger partial charge in [0.05, 0.1) is 6.54 Å². The number of hydrogen-bond donors (Lipinski definition) is 1. The molecule has 7 heteroatoms. The van der Waals surface area contributed by atoms with Crippen LogP contribution < -0.4 is 5.32 Å². The lowest BCUT2D eigenvalue weighted by atomic mass is 9.95. The Morgan fingerprint density at radius 1 is 1.35 bits per heavy atom. The average molecular weight is 402 g/mol. The third-order valence-electron chi connectivity index (χ3n) is 4.24. The van der Waals surface area contributed by atoms with Crippen molar-refractivity contribution in [1.29, 1.82) is 0 Å². The van der Waals surface area contributed by atoms with Crippen molar-refractivity contribution in [2.75, 3.05) is 26.2 Å². The number of likely N-dealkylation sites (tertiary alicyclic amines) is 1. The lowest BCUT2D eigenvalue weighted by Crippen LogP contribution is -2.47. The molecule has 23 heavy (non-hydrogen) atoms. The molecule has 1 saturated heterocycles. The van der Waals surface area contributed by atoms with Crippen LogP contribution in [0.5, 0.6) is 0 Å². The Morgan fingerprint density at radius 2 is 2.00 bits per heavy atom. The first-order valence-corrected chi connectivity index (χ1v) is 9.76. The molecule has 3 amide bonds. The van der Waals surface area contributed by atoms with Crippen molar-refractivity contribution in [2.24, 2.45) is 5.92 Å². The Labute approximate surface area is 150 Å². The van der Waals surface area contributed by atoms with Gasteiger partial charge < -0.3 is 15.1 Å². The number of nitrogens with one attached hydrogen (secondary N) is 1. The van der Waals surface area contributed by atoms with Crippen LogP contribution in [-0.4, -0.2) is 47.9 Å². The minimum Gasteiger partial charge on any atom is -0.343 e. The van der Waals surface area contributed by atoms with Crippen LogP contribution in [0, 0.1) is 5.92 Å². The van der Waals surface area contributed by atoms with E-state index in [0.717, 1.165) is 35.3 Å². The number of carbonyl (C=O) groups is 2. The Bertz CT molecular complexity index is 537. The molecule has 1 aliphatic rings. The van der Waals surface area contributed by atoms with Gasteiger partial charge in [-0.1, -0.05) is 0 Å². The van der Waals surface area contributed by atoms with Crippen molar-refractivity contribution < 1.29 is 9.59 Å². The van der Waals surface area contributed by atoms with Crippen LogP contribution in [0.1, 0.15) is 31.6 Å². The molecule has 0 bridgehead atoms. The Balaban J connectivity index is 1.77. The molecule has 0 spiro atoms. The fourth-order valence-corrected chi connectivity index (χ4v) is 4.23. The molecule has 1 fully saturated rings. The maximum Gasteiger partial charge on any atom is 0.317 e. The van der Waals surface area contributed by atoms with Crippen LogP contribution in [0.15, 0.2) is 15.9 Å². The van der Waals surface area contributed by atoms with Crippen molar-refractivity contribution in [3.8, 4) is 0 Å². The number of piperidine rings is 1. The third-order valence-corrected chi connectivity index (χ3v) is 5.94. The molecule has 2 rings (SSSR count). The molecule has 0 atom stereocenters. The minimum atomic E-state index is -0.0386. The van der Waals surface area contributed by atoms with Gasteiger partial charge in [0.2, 0.25) is 5.91 Å². The highest BCUT2D eigenvalue weighted by molar-refractivity contribution is 9.10. The van der Waals surface area contributed by atoms with E-state index in [1.807, 2.05) is 35.1 Å². The van der Waals surface area contributed by atoms with Crippen LogP contribution in [0.4, 0.5) is 4.79 Å². The number of amides is 3. The summed E-state index contributed by atoms with van der Waals surface area (Å²) in [6.45, 7) is 7.38. The van der Waals surface area contributed by atoms with Crippen LogP contribution >= 0.6 is 27.3 Å². The highest BCUT2D eigenvalue weighted by atomic mass is 79.9. The van der Waals surface area contributed by atoms with E-state index in [1.54, 1.807) is 11.3 Å². The zero-order chi connectivity index (χ0) is 16.8. The second kappa shape index (κ2) is 8.68. The first kappa shape index (κ1) is 18.3. The Morgan fingerprint density at radius 3 is 2.52 bits per heavy atom. The predicted molar refractivity (Wildman–Crippen MR) is 96.5 cm³/mol. The SMILES string of the molecule is CCN(CC)C(=O)C1CCN(C(=O)NCc2cc(Br)cs2)CC1. The quantitative estimate of drug-likeness (QED) is 0.822. The normalized spacial score (nSPS) is 15.5. The fraction of sp³-hybridized carbons (Fsp3) is 0.625. The summed E-state index contributed by atoms with van der Waals surface area (Å²) < 4.78 is 1.04. The van der Waals surface area contributed by atoms with E-state index < -0.39 is 0 Å². The lowest BCUT2D eigenvalue weighted by molar-refractivity contribution is -0.136. The van der Waals surface area contributed by atoms with Crippen LogP contribution in [-0.2, 0) is 11.3 Å². The summed E-state index contributed by atoms with van der Waals surface area (Å²) in [7, 11) is 0. The molecule has 0 radical (unpaired) electrons. The Hall–Kier alpha value is -1.08. The number of thiophene rings is 1. The molecule has 0 saturated carbocycles. The van der Waals surface area contributed by atoms with Gasteiger partial charge in [0.25, 0.3) is 0 Å². The van der Waals surface area contributed by atoms with Gasteiger partial charge in [-0.3, -0.25) is 4.79 Å². The lowest BCUT2D eigenvalue weighted by Gasteiger charge is -2.33. The first-order valence-electron chi connectivity index (χ1n) is 8.09. The van der Waals surface area contributed by atoms with E-state index in [4.69, 9.17) is 0 Å². The fourth-order valence-electron chi connectivity index (χ4n) is 2.84. The number of carbonyl (C=O) groups excluding carboxylic acids is 2. The van der Waals surface area contributed by atoms with E-state index in [0.29, 0.717) is 19.6 Å². The highest BCUT2D eigenvalue weighted by Crippen LogP contribution is 2.21. The van der Waals surface area contributed by atoms with E-state index in [2.05, 4.69) is 21.2 Å². The largest absolute Gasteiger partial charge is 0.343 e. The zero-order valence-corrected chi connectivity index (χ0v) is 16.1. The maximum absolute atomic E-state index is 12.4. The average Bonchev–Trinajstić information content (AvgIpc) is 2.99. The van der Waals surface area contributed by atoms with Crippen molar-refractivity contribution in [1.82, 2.24) is 15.1 Å². The number of hydrogen-bond acceptors (Lipinski definition) is 3. The van der Waals surface area contributed by atoms with Gasteiger partial charge in [0.1, 0.15) is 0 Å². The van der Waals surface area contributed by atoms with Gasteiger partial charge in [-0.05, 0) is 48.7 Å². The van der Waals surface area contributed by atoms with Gasteiger partial charge in [-0.15, -0.1) is 11.3 Å². The summed E-state index contributed by atoms with van der Waals surface area (Å²) in [6.07, 6.45) is 1.51. The number of nitrogens with zero attached hydrogens (tertiary/aromatic N) is 2. The molecular weight excluding hydrogens is 378 g/mol. The zero-order valence-electron chi connectivity index (χ0n) is 13.7. The van der Waals surface area contributed by atoms with E-state index in [1.165, 1.54) is 0 Å². The monoisotopic (exact) mass is 401 g/mol. The van der Waals surface area contributed by atoms with Crippen molar-refractivity contribution in [3.63, 3.8) is 0 Å². The predicted octanol–water partition coefficient (Wildman–Crippen LogP) is 3.30. The first-order chi connectivity index (χ1) is 11.0. The minimum absolute atomic E-state index is 0.0386. The molecule has 1 aromatic rings. The van der Waals surface area contributed by atoms with Crippen LogP contribution in [0.25, 0.3) is 0 Å². The number of rotatable bonds is 5. The highest BCUT2D eigenvalue weighted by Gasteiger charge is 2.29. The molecule has 1 aliphatic heterocycles. The van der Waals surface area contributed by atoms with E-state index >= 15 is 0 Å². The molecule has 1 aromatic heterocycles. The maximum atomic E-state index is 12.4. The summed E-state index contributed by atoms with van der Waals surface area (Å²) in [5, 5.41) is 4.96. The molecule has 0 aliphatic carbocycles. The van der Waals surface area contributed by atoms with Gasteiger partial charge in [0.15, 0.2) is 0 Å². The second-order valence-corrected chi connectivity index (χ2v) is 7.57. The smallest absolute Gasteiger partial charge is 0.317 e. The summed E-state index contributed by atoms with van der Waals surface area (Å²) in [4.78, 5) is 29.4. The van der Waals surface area contributed by atoms with Gasteiger partial charge in [-0.25, -0.2) is 4.79 Å². The number of halogens is 1. The van der Waals surface area contributed by atoms with E-state index in [-0.39, 0.29) is 17.9 Å². The standard InChI is InChI=1S/C16H24BrN3O2S/c1-3-19(4-2)15(21)12-5-7-20(8-6-12)16(22)18-10-14-9-13(17)11-23-14/h9,11-12H,3-8,10H2,1-2H3,(H,18,22). The molecule has 2 heterocycles. The summed E-state index contributed by atoms with van der Waals surface area (Å²) in [5.74, 6) is 0.297. The molecule has 0 aromatic carbocycles. The van der Waals surface area contributed by atoms with Crippen LogP contribution in [0.3, 0.4) is 0 Å². The van der Waals surface area contributed by atoms with Crippen molar-refractivity contribution in [2.45, 2.75) is 33.2 Å². The van der Waals surface area contributed by atoms with E-state index in [9.17, 15) is 9.59 Å². The molecule has 1 N–H and O–H groups in total. The third kappa shape index (κ3) is 4.94. The molecule has 0 unspecified atom stereocenters. The van der Waals surface area contributed by atoms with Gasteiger partial charge in [-0.2, -0.15) is 0 Å².